The van der Waals surface area contributed by atoms with E-state index in [1.807, 2.05) is 13.8 Å². The van der Waals surface area contributed by atoms with Gasteiger partial charge in [0.05, 0.1) is 6.10 Å². The average Bonchev–Trinajstić information content (AvgIpc) is 2.65. The molecule has 6 heteroatoms. The number of carbonyl (C=O) groups is 1. The van der Waals surface area contributed by atoms with E-state index >= 15 is 0 Å². The Morgan fingerprint density at radius 3 is 2.22 bits per heavy atom. The molecule has 0 radical (unpaired) electrons. The van der Waals surface area contributed by atoms with Crippen LogP contribution in [0.3, 0.4) is 0 Å². The van der Waals surface area contributed by atoms with E-state index in [4.69, 9.17) is 9.47 Å². The van der Waals surface area contributed by atoms with E-state index in [0.717, 1.165) is 17.9 Å². The number of rotatable bonds is 5. The van der Waals surface area contributed by atoms with Crippen molar-refractivity contribution in [3.05, 3.63) is 59.7 Å². The van der Waals surface area contributed by atoms with Crippen molar-refractivity contribution in [1.82, 2.24) is 4.90 Å². The van der Waals surface area contributed by atoms with E-state index in [0.29, 0.717) is 37.2 Å². The third-order valence-corrected chi connectivity index (χ3v) is 4.40. The number of ether oxygens (including phenoxy) is 2. The molecule has 2 aromatic rings. The molecule has 144 valence electrons. The van der Waals surface area contributed by atoms with Crippen LogP contribution in [0.2, 0.25) is 0 Å². The molecule has 0 unspecified atom stereocenters. The van der Waals surface area contributed by atoms with Crippen molar-refractivity contribution < 1.29 is 23.0 Å². The topological polar surface area (TPSA) is 38.8 Å². The highest BCUT2D eigenvalue weighted by Gasteiger charge is 2.25. The SMILES string of the molecule is CC(C)Oc1ccc(C(=O)N2CCC(Oc3ccc(F)c(F)c3)CC2)cc1. The van der Waals surface area contributed by atoms with E-state index in [1.54, 1.807) is 29.2 Å². The summed E-state index contributed by atoms with van der Waals surface area (Å²) in [6.45, 7) is 5.01. The van der Waals surface area contributed by atoms with Crippen LogP contribution in [0.1, 0.15) is 37.0 Å². The molecule has 27 heavy (non-hydrogen) atoms. The lowest BCUT2D eigenvalue weighted by Gasteiger charge is -2.32. The Balaban J connectivity index is 1.53. The highest BCUT2D eigenvalue weighted by atomic mass is 19.2. The van der Waals surface area contributed by atoms with Gasteiger partial charge in [-0.05, 0) is 50.2 Å². The number of piperidine rings is 1. The molecule has 1 amide bonds. The van der Waals surface area contributed by atoms with Crippen LogP contribution in [0, 0.1) is 11.6 Å². The standard InChI is InChI=1S/C21H23F2NO3/c1-14(2)26-16-5-3-15(4-6-16)21(25)24-11-9-17(10-12-24)27-18-7-8-19(22)20(23)13-18/h3-8,13-14,17H,9-12H2,1-2H3. The first-order valence-electron chi connectivity index (χ1n) is 9.10. The molecule has 0 bridgehead atoms. The van der Waals surface area contributed by atoms with Crippen LogP contribution in [-0.2, 0) is 0 Å². The van der Waals surface area contributed by atoms with Crippen molar-refractivity contribution in [3.8, 4) is 11.5 Å². The molecule has 0 saturated carbocycles. The molecule has 0 aromatic heterocycles. The molecule has 4 nitrogen and oxygen atoms in total. The lowest BCUT2D eigenvalue weighted by molar-refractivity contribution is 0.0595. The lowest BCUT2D eigenvalue weighted by Crippen LogP contribution is -2.41. The number of benzene rings is 2. The van der Waals surface area contributed by atoms with Gasteiger partial charge in [0, 0.05) is 37.6 Å². The fraction of sp³-hybridized carbons (Fsp3) is 0.381. The monoisotopic (exact) mass is 375 g/mol. The van der Waals surface area contributed by atoms with E-state index in [2.05, 4.69) is 0 Å². The maximum atomic E-state index is 13.3. The van der Waals surface area contributed by atoms with Gasteiger partial charge < -0.3 is 14.4 Å². The predicted octanol–water partition coefficient (Wildman–Crippen LogP) is 4.44. The van der Waals surface area contributed by atoms with Crippen LogP contribution >= 0.6 is 0 Å². The number of amides is 1. The largest absolute Gasteiger partial charge is 0.491 e. The third kappa shape index (κ3) is 4.96. The van der Waals surface area contributed by atoms with Crippen molar-refractivity contribution in [2.75, 3.05) is 13.1 Å². The lowest BCUT2D eigenvalue weighted by atomic mass is 10.1. The maximum absolute atomic E-state index is 13.3. The van der Waals surface area contributed by atoms with E-state index < -0.39 is 11.6 Å². The van der Waals surface area contributed by atoms with E-state index in [-0.39, 0.29) is 18.1 Å². The summed E-state index contributed by atoms with van der Waals surface area (Å²) in [4.78, 5) is 14.4. The van der Waals surface area contributed by atoms with Gasteiger partial charge in [-0.15, -0.1) is 0 Å². The van der Waals surface area contributed by atoms with Crippen LogP contribution in [0.15, 0.2) is 42.5 Å². The average molecular weight is 375 g/mol. The zero-order chi connectivity index (χ0) is 19.4. The Labute approximate surface area is 157 Å². The molecule has 0 atom stereocenters. The van der Waals surface area contributed by atoms with Crippen molar-refractivity contribution in [2.24, 2.45) is 0 Å². The quantitative estimate of drug-likeness (QED) is 0.776. The van der Waals surface area contributed by atoms with Crippen LogP contribution in [-0.4, -0.2) is 36.1 Å². The summed E-state index contributed by atoms with van der Waals surface area (Å²) in [6.07, 6.45) is 1.24. The Kier molecular flexibility index (Phi) is 5.94. The summed E-state index contributed by atoms with van der Waals surface area (Å²) in [5, 5.41) is 0. The van der Waals surface area contributed by atoms with Gasteiger partial charge in [-0.2, -0.15) is 0 Å². The van der Waals surface area contributed by atoms with Crippen LogP contribution < -0.4 is 9.47 Å². The highest BCUT2D eigenvalue weighted by Crippen LogP contribution is 2.22. The first kappa shape index (κ1) is 19.1. The summed E-state index contributed by atoms with van der Waals surface area (Å²) >= 11 is 0. The summed E-state index contributed by atoms with van der Waals surface area (Å²) in [5.74, 6) is -0.811. The second kappa shape index (κ2) is 8.37. The van der Waals surface area contributed by atoms with E-state index in [1.165, 1.54) is 6.07 Å². The molecule has 1 aliphatic heterocycles. The van der Waals surface area contributed by atoms with Crippen LogP contribution in [0.5, 0.6) is 11.5 Å². The summed E-state index contributed by atoms with van der Waals surface area (Å²) in [7, 11) is 0. The van der Waals surface area contributed by atoms with Crippen molar-refractivity contribution in [1.29, 1.82) is 0 Å². The van der Waals surface area contributed by atoms with Gasteiger partial charge in [-0.3, -0.25) is 4.79 Å². The van der Waals surface area contributed by atoms with Gasteiger partial charge in [0.25, 0.3) is 5.91 Å². The molecule has 1 fully saturated rings. The fourth-order valence-electron chi connectivity index (χ4n) is 3.05. The number of halogens is 2. The molecular formula is C21H23F2NO3. The molecular weight excluding hydrogens is 352 g/mol. The van der Waals surface area contributed by atoms with Gasteiger partial charge in [0.1, 0.15) is 17.6 Å². The molecule has 1 aliphatic rings. The number of hydrogen-bond acceptors (Lipinski definition) is 3. The van der Waals surface area contributed by atoms with Crippen molar-refractivity contribution >= 4 is 5.91 Å². The van der Waals surface area contributed by atoms with Crippen LogP contribution in [0.4, 0.5) is 8.78 Å². The van der Waals surface area contributed by atoms with Gasteiger partial charge in [-0.25, -0.2) is 8.78 Å². The minimum atomic E-state index is -0.926. The van der Waals surface area contributed by atoms with Gasteiger partial charge >= 0.3 is 0 Å². The molecule has 0 N–H and O–H groups in total. The summed E-state index contributed by atoms with van der Waals surface area (Å²) in [5.41, 5.74) is 0.617. The Bertz CT molecular complexity index is 785. The zero-order valence-corrected chi connectivity index (χ0v) is 15.5. The predicted molar refractivity (Wildman–Crippen MR) is 98.1 cm³/mol. The summed E-state index contributed by atoms with van der Waals surface area (Å²) < 4.78 is 37.6. The molecule has 1 saturated heterocycles. The highest BCUT2D eigenvalue weighted by molar-refractivity contribution is 5.94. The Hall–Kier alpha value is -2.63. The third-order valence-electron chi connectivity index (χ3n) is 4.40. The summed E-state index contributed by atoms with van der Waals surface area (Å²) in [6, 6.07) is 10.6. The second-order valence-electron chi connectivity index (χ2n) is 6.88. The number of nitrogens with zero attached hydrogens (tertiary/aromatic N) is 1. The molecule has 3 rings (SSSR count). The molecule has 2 aromatic carbocycles. The normalized spacial score (nSPS) is 15.1. The smallest absolute Gasteiger partial charge is 0.253 e. The number of hydrogen-bond donors (Lipinski definition) is 0. The minimum Gasteiger partial charge on any atom is -0.491 e. The maximum Gasteiger partial charge on any atom is 0.253 e. The molecule has 0 aliphatic carbocycles. The number of likely N-dealkylation sites (tertiary alicyclic amines) is 1. The number of carbonyl (C=O) groups excluding carboxylic acids is 1. The van der Waals surface area contributed by atoms with Crippen LogP contribution in [0.25, 0.3) is 0 Å². The first-order chi connectivity index (χ1) is 12.9. The zero-order valence-electron chi connectivity index (χ0n) is 15.5. The first-order valence-corrected chi connectivity index (χ1v) is 9.10. The van der Waals surface area contributed by atoms with Gasteiger partial charge in [-0.1, -0.05) is 0 Å². The van der Waals surface area contributed by atoms with E-state index in [9.17, 15) is 13.6 Å². The second-order valence-corrected chi connectivity index (χ2v) is 6.88. The minimum absolute atomic E-state index is 0.0302. The fourth-order valence-corrected chi connectivity index (χ4v) is 3.05. The van der Waals surface area contributed by atoms with Crippen molar-refractivity contribution in [3.63, 3.8) is 0 Å². The Morgan fingerprint density at radius 1 is 1.00 bits per heavy atom. The van der Waals surface area contributed by atoms with Crippen molar-refractivity contribution in [2.45, 2.75) is 38.9 Å². The molecule has 0 spiro atoms. The van der Waals surface area contributed by atoms with Gasteiger partial charge in [0.15, 0.2) is 11.6 Å². The molecule has 1 heterocycles. The Morgan fingerprint density at radius 2 is 1.63 bits per heavy atom. The van der Waals surface area contributed by atoms with Gasteiger partial charge in [0.2, 0.25) is 0 Å².